The Morgan fingerprint density at radius 3 is 0.821 bits per heavy atom. The van der Waals surface area contributed by atoms with Crippen molar-refractivity contribution in [3.8, 4) is 0 Å². The summed E-state index contributed by atoms with van der Waals surface area (Å²) in [4.78, 5) is 12.5. The molecule has 0 heterocycles. The van der Waals surface area contributed by atoms with Gasteiger partial charge < -0.3 is 15.5 Å². The van der Waals surface area contributed by atoms with E-state index < -0.39 is 12.1 Å². The molecule has 0 spiro atoms. The van der Waals surface area contributed by atoms with Crippen LogP contribution in [0.5, 0.6) is 0 Å². The molecule has 67 heavy (non-hydrogen) atoms. The van der Waals surface area contributed by atoms with E-state index in [9.17, 15) is 15.0 Å². The van der Waals surface area contributed by atoms with Crippen LogP contribution in [0.15, 0.2) is 24.3 Å². The molecule has 3 N–H and O–H groups in total. The minimum atomic E-state index is -0.836. The highest BCUT2D eigenvalue weighted by molar-refractivity contribution is 5.76. The highest BCUT2D eigenvalue weighted by Gasteiger charge is 2.18. The van der Waals surface area contributed by atoms with Crippen LogP contribution in [0, 0.1) is 0 Å². The number of hydrogen-bond donors (Lipinski definition) is 3. The fourth-order valence-electron chi connectivity index (χ4n) is 9.94. The van der Waals surface area contributed by atoms with Crippen LogP contribution >= 0.6 is 0 Å². The molecule has 0 aliphatic heterocycles. The molecule has 0 fully saturated rings. The van der Waals surface area contributed by atoms with Gasteiger partial charge in [-0.05, 0) is 44.9 Å². The Morgan fingerprint density at radius 2 is 0.567 bits per heavy atom. The Morgan fingerprint density at radius 1 is 0.343 bits per heavy atom. The lowest BCUT2D eigenvalue weighted by Gasteiger charge is -2.20. The second kappa shape index (κ2) is 59.2. The summed E-state index contributed by atoms with van der Waals surface area (Å²) in [5.74, 6) is -0.0565. The van der Waals surface area contributed by atoms with Gasteiger partial charge >= 0.3 is 0 Å². The second-order valence-electron chi connectivity index (χ2n) is 21.5. The summed E-state index contributed by atoms with van der Waals surface area (Å²) in [7, 11) is 0. The number of hydrogen-bond acceptors (Lipinski definition) is 3. The first kappa shape index (κ1) is 65.9. The van der Waals surface area contributed by atoms with Crippen molar-refractivity contribution in [3.63, 3.8) is 0 Å². The first-order valence-corrected chi connectivity index (χ1v) is 31.1. The van der Waals surface area contributed by atoms with Crippen molar-refractivity contribution >= 4 is 5.91 Å². The fourth-order valence-corrected chi connectivity index (χ4v) is 9.94. The molecule has 0 aliphatic carbocycles. The van der Waals surface area contributed by atoms with Gasteiger partial charge in [0.15, 0.2) is 0 Å². The molecule has 2 unspecified atom stereocenters. The summed E-state index contributed by atoms with van der Waals surface area (Å²) in [5.41, 5.74) is 0. The minimum Gasteiger partial charge on any atom is -0.394 e. The van der Waals surface area contributed by atoms with Gasteiger partial charge in [-0.15, -0.1) is 0 Å². The van der Waals surface area contributed by atoms with Gasteiger partial charge in [0.1, 0.15) is 0 Å². The third-order valence-electron chi connectivity index (χ3n) is 14.7. The molecule has 1 amide bonds. The van der Waals surface area contributed by atoms with E-state index in [1.807, 2.05) is 6.08 Å². The lowest BCUT2D eigenvalue weighted by molar-refractivity contribution is -0.123. The van der Waals surface area contributed by atoms with E-state index in [1.54, 1.807) is 6.08 Å². The topological polar surface area (TPSA) is 69.6 Å². The van der Waals surface area contributed by atoms with Gasteiger partial charge in [0.25, 0.3) is 0 Å². The molecule has 4 nitrogen and oxygen atoms in total. The molecule has 0 aliphatic rings. The van der Waals surface area contributed by atoms with Crippen molar-refractivity contribution in [1.29, 1.82) is 0 Å². The zero-order valence-corrected chi connectivity index (χ0v) is 46.0. The van der Waals surface area contributed by atoms with E-state index in [2.05, 4.69) is 31.3 Å². The largest absolute Gasteiger partial charge is 0.394 e. The molecule has 0 radical (unpaired) electrons. The van der Waals surface area contributed by atoms with Crippen LogP contribution in [0.25, 0.3) is 0 Å². The number of carbonyl (C=O) groups excluding carboxylic acids is 1. The van der Waals surface area contributed by atoms with Crippen molar-refractivity contribution in [3.05, 3.63) is 24.3 Å². The molecule has 0 aromatic heterocycles. The first-order chi connectivity index (χ1) is 33.2. The highest BCUT2D eigenvalue weighted by Crippen LogP contribution is 2.18. The lowest BCUT2D eigenvalue weighted by atomic mass is 10.0. The normalized spacial score (nSPS) is 12.8. The van der Waals surface area contributed by atoms with Crippen LogP contribution in [0.2, 0.25) is 0 Å². The van der Waals surface area contributed by atoms with Crippen LogP contribution < -0.4 is 5.32 Å². The second-order valence-corrected chi connectivity index (χ2v) is 21.5. The smallest absolute Gasteiger partial charge is 0.220 e. The maximum absolute atomic E-state index is 12.5. The summed E-state index contributed by atoms with van der Waals surface area (Å²) in [6.07, 6.45) is 79.5. The number of rotatable bonds is 58. The summed E-state index contributed by atoms with van der Waals surface area (Å²) >= 11 is 0. The number of aliphatic hydroxyl groups excluding tert-OH is 2. The maximum Gasteiger partial charge on any atom is 0.220 e. The number of amides is 1. The van der Waals surface area contributed by atoms with Crippen molar-refractivity contribution in [2.75, 3.05) is 6.61 Å². The molecule has 0 saturated heterocycles. The zero-order valence-electron chi connectivity index (χ0n) is 46.0. The molecular formula is C63H123NO3. The van der Waals surface area contributed by atoms with E-state index >= 15 is 0 Å². The standard InChI is InChI=1S/C63H123NO3/c1-3-5-7-9-11-13-15-17-19-21-22-23-24-25-26-27-28-29-30-31-32-33-34-35-36-37-38-39-40-41-42-43-45-47-49-51-53-55-57-59-63(67)64-61(60-65)62(66)58-56-54-52-50-48-46-44-20-18-16-14-12-10-8-6-4-2/h21-22,56,58,61-62,65-66H,3-20,23-55,57,59-60H2,1-2H3,(H,64,67)/b22-21-,58-56+. The molecule has 0 bridgehead atoms. The van der Waals surface area contributed by atoms with Crippen molar-refractivity contribution in [1.82, 2.24) is 5.32 Å². The predicted octanol–water partition coefficient (Wildman–Crippen LogP) is 20.7. The lowest BCUT2D eigenvalue weighted by Crippen LogP contribution is -2.45. The summed E-state index contributed by atoms with van der Waals surface area (Å²) in [6.45, 7) is 4.34. The van der Waals surface area contributed by atoms with E-state index in [0.717, 1.165) is 25.7 Å². The molecule has 398 valence electrons. The number of unbranched alkanes of at least 4 members (excludes halogenated alkanes) is 49. The van der Waals surface area contributed by atoms with Crippen molar-refractivity contribution < 1.29 is 15.0 Å². The molecule has 2 atom stereocenters. The zero-order chi connectivity index (χ0) is 48.5. The van der Waals surface area contributed by atoms with Crippen LogP contribution in [-0.2, 0) is 4.79 Å². The minimum absolute atomic E-state index is 0.0565. The number of aliphatic hydroxyl groups is 2. The van der Waals surface area contributed by atoms with Crippen LogP contribution in [0.3, 0.4) is 0 Å². The van der Waals surface area contributed by atoms with E-state index in [1.165, 1.54) is 308 Å². The van der Waals surface area contributed by atoms with Crippen molar-refractivity contribution in [2.45, 2.75) is 366 Å². The van der Waals surface area contributed by atoms with Crippen LogP contribution in [0.4, 0.5) is 0 Å². The average Bonchev–Trinajstić information content (AvgIpc) is 3.33. The Balaban J connectivity index is 3.36. The Labute approximate surface area is 421 Å². The molecule has 4 heteroatoms. The van der Waals surface area contributed by atoms with Crippen molar-refractivity contribution in [2.24, 2.45) is 0 Å². The molecule has 0 saturated carbocycles. The Hall–Kier alpha value is -1.13. The van der Waals surface area contributed by atoms with Crippen LogP contribution in [-0.4, -0.2) is 34.9 Å². The van der Waals surface area contributed by atoms with Gasteiger partial charge in [0.2, 0.25) is 5.91 Å². The highest BCUT2D eigenvalue weighted by atomic mass is 16.3. The monoisotopic (exact) mass is 942 g/mol. The first-order valence-electron chi connectivity index (χ1n) is 31.1. The molecule has 0 aromatic carbocycles. The molecule has 0 aromatic rings. The SMILES string of the molecule is CCCCCCCCCC/C=C\CCCCCCCCCCCCCCCCCCCCCCCCCCCCCC(=O)NC(CO)C(O)/C=C/CCCCCCCCCCCCCCCC. The quantitative estimate of drug-likeness (QED) is 0.0420. The van der Waals surface area contributed by atoms with Gasteiger partial charge in [0, 0.05) is 6.42 Å². The van der Waals surface area contributed by atoms with E-state index in [4.69, 9.17) is 0 Å². The summed E-state index contributed by atoms with van der Waals surface area (Å²) < 4.78 is 0. The van der Waals surface area contributed by atoms with Gasteiger partial charge in [-0.1, -0.05) is 327 Å². The maximum atomic E-state index is 12.5. The Kier molecular flexibility index (Phi) is 58.2. The van der Waals surface area contributed by atoms with Gasteiger partial charge in [-0.2, -0.15) is 0 Å². The van der Waals surface area contributed by atoms with Gasteiger partial charge in [-0.3, -0.25) is 4.79 Å². The van der Waals surface area contributed by atoms with Gasteiger partial charge in [-0.25, -0.2) is 0 Å². The number of allylic oxidation sites excluding steroid dienone is 3. The fraction of sp³-hybridized carbons (Fsp3) is 0.921. The Bertz CT molecular complexity index is 978. The summed E-state index contributed by atoms with van der Waals surface area (Å²) in [5, 5.41) is 23.2. The predicted molar refractivity (Wildman–Crippen MR) is 299 cm³/mol. The number of carbonyl (C=O) groups is 1. The van der Waals surface area contributed by atoms with E-state index in [0.29, 0.717) is 6.42 Å². The average molecular weight is 943 g/mol. The number of nitrogens with one attached hydrogen (secondary N) is 1. The molecule has 0 rings (SSSR count). The third kappa shape index (κ3) is 55.7. The van der Waals surface area contributed by atoms with Gasteiger partial charge in [0.05, 0.1) is 18.8 Å². The van der Waals surface area contributed by atoms with Crippen LogP contribution in [0.1, 0.15) is 354 Å². The van der Waals surface area contributed by atoms with E-state index in [-0.39, 0.29) is 12.5 Å². The summed E-state index contributed by atoms with van der Waals surface area (Å²) in [6, 6.07) is -0.619. The third-order valence-corrected chi connectivity index (χ3v) is 14.7. The molecular weight excluding hydrogens is 819 g/mol.